The quantitative estimate of drug-likeness (QED) is 0.756. The van der Waals surface area contributed by atoms with E-state index in [1.165, 1.54) is 38.1 Å². The molecule has 0 N–H and O–H groups in total. The molecule has 2 aliphatic rings. The van der Waals surface area contributed by atoms with E-state index in [0.29, 0.717) is 10.2 Å². The Morgan fingerprint density at radius 2 is 2.00 bits per heavy atom. The minimum atomic E-state index is 0.383. The van der Waals surface area contributed by atoms with Crippen molar-refractivity contribution in [2.45, 2.75) is 44.3 Å². The molecule has 0 radical (unpaired) electrons. The van der Waals surface area contributed by atoms with E-state index in [9.17, 15) is 0 Å². The Morgan fingerprint density at radius 1 is 1.25 bits per heavy atom. The summed E-state index contributed by atoms with van der Waals surface area (Å²) in [6.07, 6.45) is 4.58. The Bertz CT molecular complexity index is 289. The minimum Gasteiger partial charge on any atom is -0.302 e. The highest BCUT2D eigenvalue weighted by atomic mass is 32.2. The molecular formula is C13H22N2S. The molecule has 1 saturated carbocycles. The molecule has 1 aliphatic heterocycles. The van der Waals surface area contributed by atoms with E-state index in [0.717, 1.165) is 13.0 Å². The van der Waals surface area contributed by atoms with Crippen LogP contribution in [0.15, 0.2) is 0 Å². The van der Waals surface area contributed by atoms with Crippen LogP contribution in [0.3, 0.4) is 0 Å². The molecule has 90 valence electrons. The Labute approximate surface area is 103 Å². The van der Waals surface area contributed by atoms with Crippen molar-refractivity contribution in [3.05, 3.63) is 0 Å². The molecule has 16 heavy (non-hydrogen) atoms. The smallest absolute Gasteiger partial charge is 0.0628 e. The average molecular weight is 238 g/mol. The molecular weight excluding hydrogens is 216 g/mol. The SMILES string of the molecule is CC1(C)CCN(CC2(CC#N)CC2)CCS1. The molecule has 0 aromatic carbocycles. The second-order valence-electron chi connectivity index (χ2n) is 5.97. The van der Waals surface area contributed by atoms with Gasteiger partial charge in [0.1, 0.15) is 0 Å². The maximum atomic E-state index is 8.84. The number of rotatable bonds is 3. The van der Waals surface area contributed by atoms with Crippen LogP contribution in [-0.4, -0.2) is 35.0 Å². The standard InChI is InChI=1S/C13H22N2S/c1-12(2)6-8-15(9-10-16-12)11-13(3-4-13)5-7-14/h3-6,8-11H2,1-2H3. The van der Waals surface area contributed by atoms with Crippen LogP contribution in [0.5, 0.6) is 0 Å². The summed E-state index contributed by atoms with van der Waals surface area (Å²) in [6, 6.07) is 2.36. The van der Waals surface area contributed by atoms with Crippen molar-refractivity contribution in [1.29, 1.82) is 5.26 Å². The predicted octanol–water partition coefficient (Wildman–Crippen LogP) is 2.90. The maximum absolute atomic E-state index is 8.84. The minimum absolute atomic E-state index is 0.383. The van der Waals surface area contributed by atoms with Crippen molar-refractivity contribution < 1.29 is 0 Å². The van der Waals surface area contributed by atoms with Gasteiger partial charge in [-0.05, 0) is 31.2 Å². The first kappa shape index (κ1) is 12.3. The van der Waals surface area contributed by atoms with Crippen molar-refractivity contribution in [2.75, 3.05) is 25.4 Å². The summed E-state index contributed by atoms with van der Waals surface area (Å²) in [6.45, 7) is 8.29. The van der Waals surface area contributed by atoms with Gasteiger partial charge in [-0.15, -0.1) is 0 Å². The van der Waals surface area contributed by atoms with E-state index in [1.54, 1.807) is 0 Å². The van der Waals surface area contributed by atoms with E-state index in [2.05, 4.69) is 36.6 Å². The van der Waals surface area contributed by atoms with Gasteiger partial charge in [-0.25, -0.2) is 0 Å². The van der Waals surface area contributed by atoms with Crippen LogP contribution in [0.1, 0.15) is 39.5 Å². The Hall–Kier alpha value is -0.200. The number of hydrogen-bond acceptors (Lipinski definition) is 3. The zero-order valence-electron chi connectivity index (χ0n) is 10.5. The lowest BCUT2D eigenvalue weighted by Gasteiger charge is -2.25. The van der Waals surface area contributed by atoms with Crippen molar-refractivity contribution in [1.82, 2.24) is 4.90 Å². The van der Waals surface area contributed by atoms with Crippen molar-refractivity contribution in [3.8, 4) is 6.07 Å². The highest BCUT2D eigenvalue weighted by Gasteiger charge is 2.43. The van der Waals surface area contributed by atoms with Gasteiger partial charge >= 0.3 is 0 Å². The number of nitriles is 1. The molecule has 0 aromatic heterocycles. The van der Waals surface area contributed by atoms with Crippen molar-refractivity contribution in [3.63, 3.8) is 0 Å². The number of thioether (sulfide) groups is 1. The summed E-state index contributed by atoms with van der Waals surface area (Å²) in [7, 11) is 0. The number of nitrogens with zero attached hydrogens (tertiary/aromatic N) is 2. The lowest BCUT2D eigenvalue weighted by molar-refractivity contribution is 0.229. The van der Waals surface area contributed by atoms with Crippen LogP contribution in [0.2, 0.25) is 0 Å². The maximum Gasteiger partial charge on any atom is 0.0628 e. The lowest BCUT2D eigenvalue weighted by atomic mass is 10.0. The van der Waals surface area contributed by atoms with Gasteiger partial charge in [0.25, 0.3) is 0 Å². The highest BCUT2D eigenvalue weighted by Crippen LogP contribution is 2.49. The van der Waals surface area contributed by atoms with Gasteiger partial charge in [0.05, 0.1) is 6.07 Å². The second-order valence-corrected chi connectivity index (χ2v) is 7.77. The second kappa shape index (κ2) is 4.58. The molecule has 2 nitrogen and oxygen atoms in total. The van der Waals surface area contributed by atoms with Crippen molar-refractivity contribution in [2.24, 2.45) is 5.41 Å². The van der Waals surface area contributed by atoms with Crippen molar-refractivity contribution >= 4 is 11.8 Å². The molecule has 3 heteroatoms. The van der Waals surface area contributed by atoms with E-state index >= 15 is 0 Å². The summed E-state index contributed by atoms with van der Waals surface area (Å²) < 4.78 is 0.445. The molecule has 0 aromatic rings. The first-order valence-electron chi connectivity index (χ1n) is 6.29. The topological polar surface area (TPSA) is 27.0 Å². The molecule has 0 bridgehead atoms. The molecule has 2 rings (SSSR count). The fourth-order valence-corrected chi connectivity index (χ4v) is 3.57. The van der Waals surface area contributed by atoms with Gasteiger partial charge < -0.3 is 4.90 Å². The molecule has 0 unspecified atom stereocenters. The molecule has 0 amide bonds. The average Bonchev–Trinajstić information content (AvgIpc) is 2.96. The van der Waals surface area contributed by atoms with Gasteiger partial charge in [0.15, 0.2) is 0 Å². The van der Waals surface area contributed by atoms with E-state index < -0.39 is 0 Å². The zero-order valence-corrected chi connectivity index (χ0v) is 11.3. The third-order valence-corrected chi connectivity index (χ3v) is 5.27. The lowest BCUT2D eigenvalue weighted by Crippen LogP contribution is -2.33. The predicted molar refractivity (Wildman–Crippen MR) is 69.5 cm³/mol. The molecule has 0 spiro atoms. The zero-order chi connectivity index (χ0) is 11.6. The van der Waals surface area contributed by atoms with Crippen LogP contribution in [0, 0.1) is 16.7 Å². The fourth-order valence-electron chi connectivity index (χ4n) is 2.43. The van der Waals surface area contributed by atoms with Gasteiger partial charge in [0.2, 0.25) is 0 Å². The van der Waals surface area contributed by atoms with Gasteiger partial charge in [-0.1, -0.05) is 13.8 Å². The Balaban J connectivity index is 1.85. The summed E-state index contributed by atoms with van der Waals surface area (Å²) >= 11 is 2.10. The largest absolute Gasteiger partial charge is 0.302 e. The van der Waals surface area contributed by atoms with Gasteiger partial charge in [-0.2, -0.15) is 17.0 Å². The Kier molecular flexibility index (Phi) is 3.51. The summed E-state index contributed by atoms with van der Waals surface area (Å²) in [5, 5.41) is 8.84. The monoisotopic (exact) mass is 238 g/mol. The van der Waals surface area contributed by atoms with Crippen LogP contribution in [-0.2, 0) is 0 Å². The molecule has 0 atom stereocenters. The first-order valence-corrected chi connectivity index (χ1v) is 7.27. The number of hydrogen-bond donors (Lipinski definition) is 0. The van der Waals surface area contributed by atoms with Gasteiger partial charge in [-0.3, -0.25) is 0 Å². The van der Waals surface area contributed by atoms with Crippen LogP contribution < -0.4 is 0 Å². The Morgan fingerprint density at radius 3 is 2.62 bits per heavy atom. The summed E-state index contributed by atoms with van der Waals surface area (Å²) in [5.41, 5.74) is 0.383. The van der Waals surface area contributed by atoms with Crippen LogP contribution in [0.4, 0.5) is 0 Å². The van der Waals surface area contributed by atoms with E-state index in [-0.39, 0.29) is 0 Å². The first-order chi connectivity index (χ1) is 7.55. The normalized spacial score (nSPS) is 28.1. The molecule has 1 saturated heterocycles. The third-order valence-electron chi connectivity index (χ3n) is 3.90. The molecule has 2 fully saturated rings. The summed E-state index contributed by atoms with van der Waals surface area (Å²) in [4.78, 5) is 2.59. The van der Waals surface area contributed by atoms with E-state index in [1.807, 2.05) is 0 Å². The molecule has 1 heterocycles. The van der Waals surface area contributed by atoms with Crippen LogP contribution in [0.25, 0.3) is 0 Å². The van der Waals surface area contributed by atoms with Gasteiger partial charge in [0, 0.05) is 30.0 Å². The van der Waals surface area contributed by atoms with E-state index in [4.69, 9.17) is 5.26 Å². The molecule has 1 aliphatic carbocycles. The van der Waals surface area contributed by atoms with Crippen LogP contribution >= 0.6 is 11.8 Å². The fraction of sp³-hybridized carbons (Fsp3) is 0.923. The summed E-state index contributed by atoms with van der Waals surface area (Å²) in [5.74, 6) is 1.25. The highest BCUT2D eigenvalue weighted by molar-refractivity contribution is 8.00. The third kappa shape index (κ3) is 3.15.